The first-order valence-electron chi connectivity index (χ1n) is 10.9. The maximum atomic E-state index is 14.3. The lowest BCUT2D eigenvalue weighted by molar-refractivity contribution is -0.118. The smallest absolute Gasteiger partial charge is 0.235 e. The molecule has 2 aliphatic rings. The highest BCUT2D eigenvalue weighted by Gasteiger charge is 2.52. The van der Waals surface area contributed by atoms with E-state index in [1.807, 2.05) is 25.1 Å². The minimum absolute atomic E-state index is 0.000659. The van der Waals surface area contributed by atoms with Gasteiger partial charge in [-0.25, -0.2) is 4.39 Å². The molecule has 4 nitrogen and oxygen atoms in total. The van der Waals surface area contributed by atoms with Crippen LogP contribution in [-0.2, 0) is 10.2 Å². The quantitative estimate of drug-likeness (QED) is 0.653. The molecule has 0 aromatic heterocycles. The molecule has 1 heterocycles. The van der Waals surface area contributed by atoms with Crippen LogP contribution in [0.4, 0.5) is 15.8 Å². The number of amides is 1. The normalized spacial score (nSPS) is 17.6. The summed E-state index contributed by atoms with van der Waals surface area (Å²) in [5.41, 5.74) is 3.38. The molecule has 3 aromatic rings. The Morgan fingerprint density at radius 1 is 1.06 bits per heavy atom. The second-order valence-corrected chi connectivity index (χ2v) is 9.20. The largest absolute Gasteiger partial charge is 0.368 e. The van der Waals surface area contributed by atoms with E-state index >= 15 is 0 Å². The second-order valence-electron chi connectivity index (χ2n) is 9.20. The molecule has 0 bridgehead atoms. The number of benzene rings is 3. The summed E-state index contributed by atoms with van der Waals surface area (Å²) in [6, 6.07) is 17.6. The Balaban J connectivity index is 1.41. The summed E-state index contributed by atoms with van der Waals surface area (Å²) in [5.74, 6) is -0.246. The fourth-order valence-corrected chi connectivity index (χ4v) is 4.60. The van der Waals surface area contributed by atoms with Gasteiger partial charge in [-0.1, -0.05) is 36.4 Å². The van der Waals surface area contributed by atoms with Crippen LogP contribution < -0.4 is 10.2 Å². The van der Waals surface area contributed by atoms with Gasteiger partial charge in [-0.05, 0) is 68.6 Å². The zero-order chi connectivity index (χ0) is 21.8. The fourth-order valence-electron chi connectivity index (χ4n) is 4.60. The van der Waals surface area contributed by atoms with Gasteiger partial charge in [0, 0.05) is 35.9 Å². The topological polar surface area (TPSA) is 35.6 Å². The first-order valence-corrected chi connectivity index (χ1v) is 10.9. The van der Waals surface area contributed by atoms with Gasteiger partial charge in [-0.3, -0.25) is 4.79 Å². The molecule has 2 fully saturated rings. The third kappa shape index (κ3) is 3.37. The van der Waals surface area contributed by atoms with E-state index < -0.39 is 5.41 Å². The van der Waals surface area contributed by atoms with Gasteiger partial charge in [0.1, 0.15) is 5.82 Å². The van der Waals surface area contributed by atoms with Gasteiger partial charge >= 0.3 is 0 Å². The van der Waals surface area contributed by atoms with E-state index in [2.05, 4.69) is 47.4 Å². The molecule has 1 saturated carbocycles. The fraction of sp³-hybridized carbons (Fsp3) is 0.346. The summed E-state index contributed by atoms with van der Waals surface area (Å²) < 4.78 is 14.3. The van der Waals surface area contributed by atoms with Gasteiger partial charge in [-0.2, -0.15) is 0 Å². The van der Waals surface area contributed by atoms with Crippen LogP contribution in [0.25, 0.3) is 10.8 Å². The molecule has 0 spiro atoms. The van der Waals surface area contributed by atoms with Crippen LogP contribution in [0.3, 0.4) is 0 Å². The highest BCUT2D eigenvalue weighted by molar-refractivity contribution is 6.05. The molecule has 5 rings (SSSR count). The molecule has 160 valence electrons. The predicted molar refractivity (Wildman–Crippen MR) is 124 cm³/mol. The van der Waals surface area contributed by atoms with Crippen LogP contribution in [0, 0.1) is 12.7 Å². The number of rotatable bonds is 5. The van der Waals surface area contributed by atoms with Crippen molar-refractivity contribution in [3.8, 4) is 0 Å². The van der Waals surface area contributed by atoms with Crippen molar-refractivity contribution in [1.29, 1.82) is 0 Å². The molecule has 1 amide bonds. The van der Waals surface area contributed by atoms with E-state index in [4.69, 9.17) is 0 Å². The number of likely N-dealkylation sites (N-methyl/N-ethyl adjacent to an activating group) is 1. The van der Waals surface area contributed by atoms with Crippen molar-refractivity contribution in [2.24, 2.45) is 0 Å². The van der Waals surface area contributed by atoms with E-state index in [9.17, 15) is 9.18 Å². The zero-order valence-corrected chi connectivity index (χ0v) is 18.3. The Labute approximate surface area is 182 Å². The van der Waals surface area contributed by atoms with Gasteiger partial charge in [0.2, 0.25) is 5.91 Å². The number of halogens is 1. The lowest BCUT2D eigenvalue weighted by atomic mass is 9.89. The van der Waals surface area contributed by atoms with Crippen LogP contribution in [0.2, 0.25) is 0 Å². The Kier molecular flexibility index (Phi) is 4.74. The van der Waals surface area contributed by atoms with Crippen molar-refractivity contribution in [1.82, 2.24) is 4.90 Å². The maximum absolute atomic E-state index is 14.3. The predicted octanol–water partition coefficient (Wildman–Crippen LogP) is 4.71. The van der Waals surface area contributed by atoms with Crippen LogP contribution >= 0.6 is 0 Å². The van der Waals surface area contributed by atoms with Crippen molar-refractivity contribution in [3.63, 3.8) is 0 Å². The Morgan fingerprint density at radius 3 is 2.45 bits per heavy atom. The minimum atomic E-state index is -0.581. The molecule has 1 aliphatic heterocycles. The summed E-state index contributed by atoms with van der Waals surface area (Å²) >= 11 is 0. The average molecular weight is 418 g/mol. The van der Waals surface area contributed by atoms with E-state index in [0.29, 0.717) is 11.4 Å². The van der Waals surface area contributed by atoms with Crippen LogP contribution in [0.1, 0.15) is 24.0 Å². The van der Waals surface area contributed by atoms with E-state index in [1.54, 1.807) is 12.1 Å². The van der Waals surface area contributed by atoms with E-state index in [0.717, 1.165) is 53.8 Å². The van der Waals surface area contributed by atoms with Crippen molar-refractivity contribution in [2.45, 2.75) is 31.2 Å². The lowest BCUT2D eigenvalue weighted by Gasteiger charge is -2.44. The van der Waals surface area contributed by atoms with E-state index in [-0.39, 0.29) is 11.7 Å². The second kappa shape index (κ2) is 7.34. The molecule has 1 saturated heterocycles. The molecule has 3 aromatic carbocycles. The number of aryl methyl sites for hydroxylation is 1. The zero-order valence-electron chi connectivity index (χ0n) is 18.3. The molecular weight excluding hydrogens is 389 g/mol. The lowest BCUT2D eigenvalue weighted by Crippen LogP contribution is -2.57. The summed E-state index contributed by atoms with van der Waals surface area (Å²) in [6.07, 6.45) is 1.56. The number of carbonyl (C=O) groups is 1. The van der Waals surface area contributed by atoms with Gasteiger partial charge in [-0.15, -0.1) is 0 Å². The number of nitrogens with one attached hydrogen (secondary N) is 1. The number of carbonyl (C=O) groups excluding carboxylic acids is 1. The third-order valence-electron chi connectivity index (χ3n) is 7.00. The molecule has 5 heteroatoms. The molecular formula is C26H28FN3O. The standard InChI is InChI=1S/C26H28FN3O/c1-17-8-9-18(30-15-19(16-30)29(2)3)14-24(17)28-25(31)26(12-13-26)22-10-11-23(27)21-7-5-4-6-20(21)22/h4-11,14,19H,12-13,15-16H2,1-3H3,(H,28,31). The minimum Gasteiger partial charge on any atom is -0.368 e. The number of hydrogen-bond donors (Lipinski definition) is 1. The van der Waals surface area contributed by atoms with Crippen molar-refractivity contribution in [3.05, 3.63) is 71.5 Å². The highest BCUT2D eigenvalue weighted by atomic mass is 19.1. The van der Waals surface area contributed by atoms with Crippen LogP contribution in [0.5, 0.6) is 0 Å². The van der Waals surface area contributed by atoms with Gasteiger partial charge in [0.05, 0.1) is 5.41 Å². The van der Waals surface area contributed by atoms with E-state index in [1.165, 1.54) is 6.07 Å². The molecule has 0 radical (unpaired) electrons. The molecule has 0 unspecified atom stereocenters. The summed E-state index contributed by atoms with van der Waals surface area (Å²) in [5, 5.41) is 4.60. The Hall–Kier alpha value is -2.92. The van der Waals surface area contributed by atoms with Crippen LogP contribution in [0.15, 0.2) is 54.6 Å². The molecule has 0 atom stereocenters. The van der Waals surface area contributed by atoms with Gasteiger partial charge in [0.25, 0.3) is 0 Å². The summed E-state index contributed by atoms with van der Waals surface area (Å²) in [7, 11) is 4.22. The number of nitrogens with zero attached hydrogens (tertiary/aromatic N) is 2. The molecule has 1 N–H and O–H groups in total. The maximum Gasteiger partial charge on any atom is 0.235 e. The average Bonchev–Trinajstić information content (AvgIpc) is 3.51. The van der Waals surface area contributed by atoms with Gasteiger partial charge in [0.15, 0.2) is 0 Å². The number of fused-ring (bicyclic) bond motifs is 1. The van der Waals surface area contributed by atoms with Crippen molar-refractivity contribution in [2.75, 3.05) is 37.4 Å². The summed E-state index contributed by atoms with van der Waals surface area (Å²) in [4.78, 5) is 18.0. The Morgan fingerprint density at radius 2 is 1.77 bits per heavy atom. The van der Waals surface area contributed by atoms with Crippen molar-refractivity contribution < 1.29 is 9.18 Å². The number of anilines is 2. The third-order valence-corrected chi connectivity index (χ3v) is 7.00. The SMILES string of the molecule is Cc1ccc(N2CC(N(C)C)C2)cc1NC(=O)C1(c2ccc(F)c3ccccc23)CC1. The first-order chi connectivity index (χ1) is 14.9. The van der Waals surface area contributed by atoms with Crippen molar-refractivity contribution >= 4 is 28.1 Å². The monoisotopic (exact) mass is 417 g/mol. The molecule has 1 aliphatic carbocycles. The highest BCUT2D eigenvalue weighted by Crippen LogP contribution is 2.51. The Bertz CT molecular complexity index is 1160. The van der Waals surface area contributed by atoms with Gasteiger partial charge < -0.3 is 15.1 Å². The van der Waals surface area contributed by atoms with Crippen LogP contribution in [-0.4, -0.2) is 44.0 Å². The number of hydrogen-bond acceptors (Lipinski definition) is 3. The molecule has 31 heavy (non-hydrogen) atoms. The first kappa shape index (κ1) is 20.0. The summed E-state index contributed by atoms with van der Waals surface area (Å²) in [6.45, 7) is 4.01.